The van der Waals surface area contributed by atoms with Crippen LogP contribution in [0.2, 0.25) is 0 Å². The lowest BCUT2D eigenvalue weighted by Gasteiger charge is -2.20. The van der Waals surface area contributed by atoms with Crippen molar-refractivity contribution in [2.24, 2.45) is 0 Å². The smallest absolute Gasteiger partial charge is 0.237 e. The van der Waals surface area contributed by atoms with E-state index in [-0.39, 0.29) is 11.9 Å². The first-order valence-corrected chi connectivity index (χ1v) is 6.66. The number of hydrogen-bond donors (Lipinski definition) is 2. The van der Waals surface area contributed by atoms with Gasteiger partial charge in [-0.2, -0.15) is 11.8 Å². The van der Waals surface area contributed by atoms with E-state index in [1.165, 1.54) is 0 Å². The lowest BCUT2D eigenvalue weighted by atomic mass is 10.1. The maximum Gasteiger partial charge on any atom is 0.237 e. The first-order valence-electron chi connectivity index (χ1n) is 5.26. The Bertz CT molecular complexity index is 187. The Labute approximate surface area is 90.4 Å². The SMILES string of the molecule is CSCC(C)NC1CCCCNC1=O. The summed E-state index contributed by atoms with van der Waals surface area (Å²) in [4.78, 5) is 11.6. The molecule has 1 aliphatic rings. The van der Waals surface area contributed by atoms with Gasteiger partial charge in [0.25, 0.3) is 0 Å². The molecular weight excluding hydrogens is 196 g/mol. The molecule has 0 aromatic heterocycles. The molecule has 0 aromatic rings. The van der Waals surface area contributed by atoms with Crippen molar-refractivity contribution < 1.29 is 4.79 Å². The molecule has 1 aliphatic heterocycles. The molecule has 0 aliphatic carbocycles. The lowest BCUT2D eigenvalue weighted by molar-refractivity contribution is -0.123. The van der Waals surface area contributed by atoms with Gasteiger partial charge >= 0.3 is 0 Å². The molecule has 2 unspecified atom stereocenters. The van der Waals surface area contributed by atoms with Crippen molar-refractivity contribution in [3.05, 3.63) is 0 Å². The maximum absolute atomic E-state index is 11.6. The Morgan fingerprint density at radius 3 is 3.14 bits per heavy atom. The Morgan fingerprint density at radius 1 is 1.64 bits per heavy atom. The molecule has 4 heteroatoms. The van der Waals surface area contributed by atoms with Crippen LogP contribution in [-0.4, -0.2) is 36.5 Å². The molecule has 1 saturated heterocycles. The molecule has 14 heavy (non-hydrogen) atoms. The fourth-order valence-electron chi connectivity index (χ4n) is 1.74. The molecule has 3 nitrogen and oxygen atoms in total. The number of amides is 1. The van der Waals surface area contributed by atoms with E-state index < -0.39 is 0 Å². The second kappa shape index (κ2) is 6.30. The quantitative estimate of drug-likeness (QED) is 0.736. The predicted molar refractivity (Wildman–Crippen MR) is 61.6 cm³/mol. The van der Waals surface area contributed by atoms with Crippen LogP contribution in [-0.2, 0) is 4.79 Å². The van der Waals surface area contributed by atoms with E-state index in [1.54, 1.807) is 0 Å². The van der Waals surface area contributed by atoms with Crippen LogP contribution in [0.3, 0.4) is 0 Å². The van der Waals surface area contributed by atoms with Crippen LogP contribution < -0.4 is 10.6 Å². The van der Waals surface area contributed by atoms with E-state index >= 15 is 0 Å². The maximum atomic E-state index is 11.6. The monoisotopic (exact) mass is 216 g/mol. The number of hydrogen-bond acceptors (Lipinski definition) is 3. The summed E-state index contributed by atoms with van der Waals surface area (Å²) in [6.07, 6.45) is 5.32. The standard InChI is InChI=1S/C10H20N2OS/c1-8(7-14-2)12-9-5-3-4-6-11-10(9)13/h8-9,12H,3-7H2,1-2H3,(H,11,13). The number of rotatable bonds is 4. The molecule has 2 atom stereocenters. The van der Waals surface area contributed by atoms with E-state index in [9.17, 15) is 4.79 Å². The van der Waals surface area contributed by atoms with Gasteiger partial charge in [0, 0.05) is 18.3 Å². The Kier molecular flexibility index (Phi) is 5.33. The predicted octanol–water partition coefficient (Wildman–Crippen LogP) is 0.996. The van der Waals surface area contributed by atoms with Gasteiger partial charge in [0.05, 0.1) is 6.04 Å². The summed E-state index contributed by atoms with van der Waals surface area (Å²) >= 11 is 1.81. The largest absolute Gasteiger partial charge is 0.355 e. The molecule has 1 rings (SSSR count). The van der Waals surface area contributed by atoms with Gasteiger partial charge in [0.15, 0.2) is 0 Å². The first kappa shape index (κ1) is 11.9. The van der Waals surface area contributed by atoms with Crippen molar-refractivity contribution in [3.63, 3.8) is 0 Å². The molecule has 0 radical (unpaired) electrons. The number of thioether (sulfide) groups is 1. The molecule has 0 bridgehead atoms. The van der Waals surface area contributed by atoms with Gasteiger partial charge in [0.1, 0.15) is 0 Å². The van der Waals surface area contributed by atoms with E-state index in [2.05, 4.69) is 23.8 Å². The molecule has 82 valence electrons. The van der Waals surface area contributed by atoms with E-state index in [0.29, 0.717) is 6.04 Å². The summed E-state index contributed by atoms with van der Waals surface area (Å²) in [5, 5.41) is 6.31. The van der Waals surface area contributed by atoms with E-state index in [1.807, 2.05) is 11.8 Å². The van der Waals surface area contributed by atoms with Gasteiger partial charge in [-0.05, 0) is 32.4 Å². The highest BCUT2D eigenvalue weighted by Gasteiger charge is 2.21. The first-order chi connectivity index (χ1) is 6.74. The van der Waals surface area contributed by atoms with Crippen molar-refractivity contribution in [2.45, 2.75) is 38.3 Å². The fraction of sp³-hybridized carbons (Fsp3) is 0.900. The van der Waals surface area contributed by atoms with Gasteiger partial charge in [-0.1, -0.05) is 0 Å². The summed E-state index contributed by atoms with van der Waals surface area (Å²) in [6.45, 7) is 2.97. The number of carbonyl (C=O) groups is 1. The van der Waals surface area contributed by atoms with Gasteiger partial charge in [-0.3, -0.25) is 4.79 Å². The number of nitrogens with one attached hydrogen (secondary N) is 2. The average Bonchev–Trinajstić information content (AvgIpc) is 2.33. The second-order valence-corrected chi connectivity index (χ2v) is 4.77. The van der Waals surface area contributed by atoms with Gasteiger partial charge < -0.3 is 10.6 Å². The molecule has 1 amide bonds. The number of carbonyl (C=O) groups excluding carboxylic acids is 1. The average molecular weight is 216 g/mol. The Balaban J connectivity index is 2.36. The van der Waals surface area contributed by atoms with Crippen molar-refractivity contribution in [1.29, 1.82) is 0 Å². The topological polar surface area (TPSA) is 41.1 Å². The zero-order chi connectivity index (χ0) is 10.4. The van der Waals surface area contributed by atoms with Crippen molar-refractivity contribution >= 4 is 17.7 Å². The fourth-order valence-corrected chi connectivity index (χ4v) is 2.34. The molecule has 0 saturated carbocycles. The second-order valence-electron chi connectivity index (χ2n) is 3.86. The molecule has 1 heterocycles. The highest BCUT2D eigenvalue weighted by atomic mass is 32.2. The van der Waals surface area contributed by atoms with Crippen LogP contribution in [0.25, 0.3) is 0 Å². The van der Waals surface area contributed by atoms with Crippen molar-refractivity contribution in [3.8, 4) is 0 Å². The third-order valence-electron chi connectivity index (χ3n) is 2.44. The summed E-state index contributed by atoms with van der Waals surface area (Å²) in [6, 6.07) is 0.443. The third kappa shape index (κ3) is 3.88. The van der Waals surface area contributed by atoms with Crippen molar-refractivity contribution in [1.82, 2.24) is 10.6 Å². The normalized spacial score (nSPS) is 25.3. The van der Waals surface area contributed by atoms with Crippen LogP contribution in [0.15, 0.2) is 0 Å². The zero-order valence-corrected chi connectivity index (χ0v) is 9.82. The minimum Gasteiger partial charge on any atom is -0.355 e. The third-order valence-corrected chi connectivity index (χ3v) is 3.27. The zero-order valence-electron chi connectivity index (χ0n) is 9.01. The summed E-state index contributed by atoms with van der Waals surface area (Å²) < 4.78 is 0. The summed E-state index contributed by atoms with van der Waals surface area (Å²) in [5.41, 5.74) is 0. The molecule has 1 fully saturated rings. The van der Waals surface area contributed by atoms with Crippen LogP contribution in [0, 0.1) is 0 Å². The van der Waals surface area contributed by atoms with E-state index in [0.717, 1.165) is 31.6 Å². The van der Waals surface area contributed by atoms with Crippen LogP contribution in [0.1, 0.15) is 26.2 Å². The Hall–Kier alpha value is -0.220. The van der Waals surface area contributed by atoms with Gasteiger partial charge in [-0.15, -0.1) is 0 Å². The van der Waals surface area contributed by atoms with Crippen LogP contribution in [0.5, 0.6) is 0 Å². The minimum absolute atomic E-state index is 0.0275. The van der Waals surface area contributed by atoms with Crippen LogP contribution in [0.4, 0.5) is 0 Å². The van der Waals surface area contributed by atoms with Crippen LogP contribution >= 0.6 is 11.8 Å². The minimum atomic E-state index is 0.0275. The molecule has 2 N–H and O–H groups in total. The molecule has 0 spiro atoms. The van der Waals surface area contributed by atoms with Gasteiger partial charge in [-0.25, -0.2) is 0 Å². The summed E-state index contributed by atoms with van der Waals surface area (Å²) in [5.74, 6) is 1.24. The van der Waals surface area contributed by atoms with E-state index in [4.69, 9.17) is 0 Å². The highest BCUT2D eigenvalue weighted by Crippen LogP contribution is 2.07. The Morgan fingerprint density at radius 2 is 2.43 bits per heavy atom. The lowest BCUT2D eigenvalue weighted by Crippen LogP contribution is -2.47. The van der Waals surface area contributed by atoms with Crippen molar-refractivity contribution in [2.75, 3.05) is 18.6 Å². The molecular formula is C10H20N2OS. The van der Waals surface area contributed by atoms with Gasteiger partial charge in [0.2, 0.25) is 5.91 Å². The summed E-state index contributed by atoms with van der Waals surface area (Å²) in [7, 11) is 0. The molecule has 0 aromatic carbocycles. The highest BCUT2D eigenvalue weighted by molar-refractivity contribution is 7.98.